The van der Waals surface area contributed by atoms with Crippen molar-refractivity contribution < 1.29 is 18.7 Å². The zero-order valence-corrected chi connectivity index (χ0v) is 13.8. The number of benzene rings is 1. The molecule has 0 amide bonds. The molecule has 0 radical (unpaired) electrons. The lowest BCUT2D eigenvalue weighted by molar-refractivity contribution is 0.0620. The first kappa shape index (κ1) is 15.6. The molecule has 0 aliphatic carbocycles. The molecule has 0 saturated heterocycles. The molecule has 1 aromatic heterocycles. The van der Waals surface area contributed by atoms with Crippen molar-refractivity contribution in [2.24, 2.45) is 0 Å². The van der Waals surface area contributed by atoms with Crippen LogP contribution in [0.15, 0.2) is 21.3 Å². The largest absolute Gasteiger partial charge is 0.496 e. The van der Waals surface area contributed by atoms with Crippen LogP contribution in [0.5, 0.6) is 11.5 Å². The second-order valence-corrected chi connectivity index (χ2v) is 6.46. The molecule has 1 aromatic carbocycles. The van der Waals surface area contributed by atoms with Gasteiger partial charge in [-0.2, -0.15) is 0 Å². The third kappa shape index (κ3) is 2.60. The number of hydrogen-bond acceptors (Lipinski definition) is 5. The Kier molecular flexibility index (Phi) is 3.66. The number of ether oxygens (including phenoxy) is 2. The average molecular weight is 316 g/mol. The number of carbonyl (C=O) groups excluding carboxylic acids is 1. The van der Waals surface area contributed by atoms with Gasteiger partial charge in [-0.25, -0.2) is 4.79 Å². The van der Waals surface area contributed by atoms with Crippen molar-refractivity contribution in [2.45, 2.75) is 45.6 Å². The van der Waals surface area contributed by atoms with Crippen LogP contribution >= 0.6 is 0 Å². The fourth-order valence-electron chi connectivity index (χ4n) is 3.14. The summed E-state index contributed by atoms with van der Waals surface area (Å²) >= 11 is 0. The van der Waals surface area contributed by atoms with E-state index in [0.29, 0.717) is 28.9 Å². The highest BCUT2D eigenvalue weighted by atomic mass is 16.5. The Morgan fingerprint density at radius 3 is 2.65 bits per heavy atom. The number of carbonyl (C=O) groups is 1. The lowest BCUT2D eigenvalue weighted by atomic mass is 9.90. The molecule has 0 spiro atoms. The third-order valence-electron chi connectivity index (χ3n) is 4.02. The molecule has 0 N–H and O–H groups in total. The molecule has 5 nitrogen and oxygen atoms in total. The van der Waals surface area contributed by atoms with Crippen LogP contribution in [-0.4, -0.2) is 18.5 Å². The van der Waals surface area contributed by atoms with Crippen LogP contribution in [0.3, 0.4) is 0 Å². The molecule has 0 unspecified atom stereocenters. The lowest BCUT2D eigenvalue weighted by Crippen LogP contribution is -2.36. The highest BCUT2D eigenvalue weighted by Gasteiger charge is 2.36. The highest BCUT2D eigenvalue weighted by molar-refractivity contribution is 6.11. The van der Waals surface area contributed by atoms with Crippen molar-refractivity contribution in [1.29, 1.82) is 0 Å². The van der Waals surface area contributed by atoms with E-state index in [1.807, 2.05) is 20.8 Å². The molecule has 0 fully saturated rings. The van der Waals surface area contributed by atoms with Crippen molar-refractivity contribution in [3.05, 3.63) is 33.7 Å². The Labute approximate surface area is 134 Å². The van der Waals surface area contributed by atoms with E-state index < -0.39 is 11.2 Å². The van der Waals surface area contributed by atoms with Gasteiger partial charge in [0.15, 0.2) is 11.4 Å². The number of Topliss-reactive ketones (excluding diaryl/α,β-unsaturated/α-hetero) is 1. The highest BCUT2D eigenvalue weighted by Crippen LogP contribution is 2.42. The molecule has 23 heavy (non-hydrogen) atoms. The third-order valence-corrected chi connectivity index (χ3v) is 4.02. The van der Waals surface area contributed by atoms with E-state index in [2.05, 4.69) is 0 Å². The molecule has 0 bridgehead atoms. The number of ketones is 1. The van der Waals surface area contributed by atoms with Crippen molar-refractivity contribution in [2.75, 3.05) is 7.11 Å². The summed E-state index contributed by atoms with van der Waals surface area (Å²) in [5.74, 6) is 0.879. The second-order valence-electron chi connectivity index (χ2n) is 6.46. The van der Waals surface area contributed by atoms with Crippen LogP contribution in [0.25, 0.3) is 11.0 Å². The van der Waals surface area contributed by atoms with Gasteiger partial charge >= 0.3 is 5.63 Å². The number of aryl methyl sites for hydroxylation is 1. The summed E-state index contributed by atoms with van der Waals surface area (Å²) < 4.78 is 16.8. The summed E-state index contributed by atoms with van der Waals surface area (Å²) in [6, 6.07) is 3.19. The van der Waals surface area contributed by atoms with Gasteiger partial charge in [0.05, 0.1) is 18.9 Å². The molecular formula is C18H20O5. The number of rotatable bonds is 3. The zero-order chi connectivity index (χ0) is 16.8. The minimum Gasteiger partial charge on any atom is -0.496 e. The summed E-state index contributed by atoms with van der Waals surface area (Å²) in [4.78, 5) is 24.6. The predicted molar refractivity (Wildman–Crippen MR) is 86.7 cm³/mol. The first-order valence-corrected chi connectivity index (χ1v) is 7.76. The van der Waals surface area contributed by atoms with Crippen LogP contribution in [0.4, 0.5) is 0 Å². The van der Waals surface area contributed by atoms with E-state index in [-0.39, 0.29) is 17.8 Å². The lowest BCUT2D eigenvalue weighted by Gasteiger charge is -2.32. The first-order chi connectivity index (χ1) is 10.9. The summed E-state index contributed by atoms with van der Waals surface area (Å²) in [6.07, 6.45) is 1.82. The predicted octanol–water partition coefficient (Wildman–Crippen LogP) is 3.50. The van der Waals surface area contributed by atoms with Crippen LogP contribution in [0.1, 0.15) is 49.5 Å². The molecule has 3 rings (SSSR count). The van der Waals surface area contributed by atoms with Gasteiger partial charge in [-0.1, -0.05) is 13.3 Å². The topological polar surface area (TPSA) is 65.7 Å². The smallest absolute Gasteiger partial charge is 0.336 e. The summed E-state index contributed by atoms with van der Waals surface area (Å²) in [7, 11) is 1.55. The standard InChI is InChI=1S/C18H20O5/c1-5-6-10-7-14(20)22-17-15(10)12(21-4)8-13-16(17)11(19)9-18(2,3)23-13/h7-8H,5-6,9H2,1-4H3. The van der Waals surface area contributed by atoms with Crippen LogP contribution < -0.4 is 15.1 Å². The Morgan fingerprint density at radius 2 is 2.00 bits per heavy atom. The molecule has 2 heterocycles. The number of hydrogen-bond donors (Lipinski definition) is 0. The van der Waals surface area contributed by atoms with Gasteiger partial charge < -0.3 is 13.9 Å². The maximum Gasteiger partial charge on any atom is 0.336 e. The Morgan fingerprint density at radius 1 is 1.26 bits per heavy atom. The molecule has 5 heteroatoms. The van der Waals surface area contributed by atoms with Gasteiger partial charge in [-0.15, -0.1) is 0 Å². The van der Waals surface area contributed by atoms with E-state index in [1.54, 1.807) is 13.2 Å². The summed E-state index contributed by atoms with van der Waals surface area (Å²) in [5, 5.41) is 0.685. The number of fused-ring (bicyclic) bond motifs is 3. The Hall–Kier alpha value is -2.30. The van der Waals surface area contributed by atoms with Gasteiger partial charge in [-0.05, 0) is 25.8 Å². The molecular weight excluding hydrogens is 296 g/mol. The maximum atomic E-state index is 12.6. The summed E-state index contributed by atoms with van der Waals surface area (Å²) in [5.41, 5.74) is 0.389. The van der Waals surface area contributed by atoms with Crippen molar-refractivity contribution in [3.8, 4) is 11.5 Å². The minimum absolute atomic E-state index is 0.0827. The normalized spacial score (nSPS) is 16.1. The van der Waals surface area contributed by atoms with Gasteiger partial charge in [-0.3, -0.25) is 4.79 Å². The van der Waals surface area contributed by atoms with Gasteiger partial charge in [0, 0.05) is 12.1 Å². The van der Waals surface area contributed by atoms with Crippen LogP contribution in [0.2, 0.25) is 0 Å². The van der Waals surface area contributed by atoms with E-state index in [9.17, 15) is 9.59 Å². The van der Waals surface area contributed by atoms with Crippen molar-refractivity contribution in [1.82, 2.24) is 0 Å². The Bertz CT molecular complexity index is 845. The van der Waals surface area contributed by atoms with Crippen LogP contribution in [-0.2, 0) is 6.42 Å². The molecule has 1 aliphatic heterocycles. The second kappa shape index (κ2) is 5.41. The Balaban J connectivity index is 2.41. The number of methoxy groups -OCH3 is 1. The quantitative estimate of drug-likeness (QED) is 0.811. The first-order valence-electron chi connectivity index (χ1n) is 7.76. The molecule has 122 valence electrons. The van der Waals surface area contributed by atoms with E-state index in [4.69, 9.17) is 13.9 Å². The SMILES string of the molecule is CCCc1cc(=O)oc2c3c(cc(OC)c12)OC(C)(C)CC3=O. The molecule has 2 aromatic rings. The maximum absolute atomic E-state index is 12.6. The van der Waals surface area contributed by atoms with Crippen molar-refractivity contribution >= 4 is 16.8 Å². The van der Waals surface area contributed by atoms with E-state index in [0.717, 1.165) is 12.0 Å². The minimum atomic E-state index is -0.593. The zero-order valence-electron chi connectivity index (χ0n) is 13.8. The molecule has 0 saturated carbocycles. The fraction of sp³-hybridized carbons (Fsp3) is 0.444. The van der Waals surface area contributed by atoms with Gasteiger partial charge in [0.1, 0.15) is 22.7 Å². The van der Waals surface area contributed by atoms with Crippen molar-refractivity contribution in [3.63, 3.8) is 0 Å². The van der Waals surface area contributed by atoms with E-state index in [1.165, 1.54) is 6.07 Å². The van der Waals surface area contributed by atoms with Gasteiger partial charge in [0.2, 0.25) is 0 Å². The summed E-state index contributed by atoms with van der Waals surface area (Å²) in [6.45, 7) is 5.74. The van der Waals surface area contributed by atoms with Gasteiger partial charge in [0.25, 0.3) is 0 Å². The van der Waals surface area contributed by atoms with Crippen LogP contribution in [0, 0.1) is 0 Å². The average Bonchev–Trinajstić information content (AvgIpc) is 2.44. The molecule has 1 aliphatic rings. The fourth-order valence-corrected chi connectivity index (χ4v) is 3.14. The van der Waals surface area contributed by atoms with E-state index >= 15 is 0 Å². The monoisotopic (exact) mass is 316 g/mol. The molecule has 0 atom stereocenters.